The molecule has 2 aromatic carbocycles. The minimum atomic E-state index is -0.380. The molecule has 0 aromatic heterocycles. The molecular formula is C15H14Cl2N2O2. The fourth-order valence-electron chi connectivity index (χ4n) is 1.94. The van der Waals surface area contributed by atoms with Crippen LogP contribution in [0.5, 0.6) is 0 Å². The average molecular weight is 325 g/mol. The highest BCUT2D eigenvalue weighted by Crippen LogP contribution is 2.29. The van der Waals surface area contributed by atoms with Crippen LogP contribution >= 0.6 is 23.2 Å². The molecule has 6 heteroatoms. The number of rotatable bonds is 4. The van der Waals surface area contributed by atoms with Gasteiger partial charge in [0.1, 0.15) is 0 Å². The van der Waals surface area contributed by atoms with E-state index in [0.717, 1.165) is 11.1 Å². The third-order valence-electron chi connectivity index (χ3n) is 3.20. The number of nitro benzene ring substituents is 1. The van der Waals surface area contributed by atoms with Gasteiger partial charge in [0.2, 0.25) is 0 Å². The van der Waals surface area contributed by atoms with Gasteiger partial charge in [0.15, 0.2) is 0 Å². The lowest BCUT2D eigenvalue weighted by atomic mass is 10.1. The van der Waals surface area contributed by atoms with Crippen molar-refractivity contribution in [3.8, 4) is 0 Å². The highest BCUT2D eigenvalue weighted by atomic mass is 35.5. The van der Waals surface area contributed by atoms with E-state index < -0.39 is 0 Å². The third-order valence-corrected chi connectivity index (χ3v) is 3.92. The first kappa shape index (κ1) is 15.6. The maximum atomic E-state index is 10.9. The molecule has 0 saturated heterocycles. The molecule has 1 N–H and O–H groups in total. The van der Waals surface area contributed by atoms with E-state index in [1.54, 1.807) is 31.2 Å². The van der Waals surface area contributed by atoms with E-state index in [4.69, 9.17) is 23.2 Å². The van der Waals surface area contributed by atoms with Crippen LogP contribution in [0.25, 0.3) is 0 Å². The van der Waals surface area contributed by atoms with Crippen molar-refractivity contribution in [3.63, 3.8) is 0 Å². The van der Waals surface area contributed by atoms with Crippen LogP contribution in [0.4, 0.5) is 11.4 Å². The molecule has 2 aromatic rings. The Morgan fingerprint density at radius 1 is 1.10 bits per heavy atom. The second-order valence-corrected chi connectivity index (χ2v) is 5.63. The number of hydrogen-bond acceptors (Lipinski definition) is 3. The molecule has 0 spiro atoms. The Balaban J connectivity index is 2.19. The van der Waals surface area contributed by atoms with E-state index in [1.807, 2.05) is 13.0 Å². The zero-order valence-corrected chi connectivity index (χ0v) is 13.1. The van der Waals surface area contributed by atoms with Crippen LogP contribution in [0.2, 0.25) is 10.0 Å². The van der Waals surface area contributed by atoms with E-state index >= 15 is 0 Å². The van der Waals surface area contributed by atoms with Crippen LogP contribution in [0.1, 0.15) is 16.7 Å². The Morgan fingerprint density at radius 3 is 2.48 bits per heavy atom. The van der Waals surface area contributed by atoms with E-state index in [1.165, 1.54) is 0 Å². The number of halogens is 2. The summed E-state index contributed by atoms with van der Waals surface area (Å²) in [4.78, 5) is 10.6. The summed E-state index contributed by atoms with van der Waals surface area (Å²) in [6, 6.07) is 8.68. The highest BCUT2D eigenvalue weighted by Gasteiger charge is 2.11. The molecule has 0 radical (unpaired) electrons. The number of nitrogens with one attached hydrogen (secondary N) is 1. The molecule has 0 atom stereocenters. The van der Waals surface area contributed by atoms with Gasteiger partial charge in [0.05, 0.1) is 15.6 Å². The van der Waals surface area contributed by atoms with Gasteiger partial charge in [-0.2, -0.15) is 0 Å². The van der Waals surface area contributed by atoms with E-state index in [2.05, 4.69) is 5.32 Å². The van der Waals surface area contributed by atoms with Crippen molar-refractivity contribution in [1.82, 2.24) is 0 Å². The standard InChI is InChI=1S/C15H14Cl2N2O2/c1-9-3-4-11(6-15(9)19(20)21)8-18-14-7-12(16)10(2)5-13(14)17/h3-7,18H,8H2,1-2H3. The monoisotopic (exact) mass is 324 g/mol. The summed E-state index contributed by atoms with van der Waals surface area (Å²) in [7, 11) is 0. The molecule has 2 rings (SSSR count). The van der Waals surface area contributed by atoms with Crippen molar-refractivity contribution >= 4 is 34.6 Å². The van der Waals surface area contributed by atoms with Crippen LogP contribution in [0.3, 0.4) is 0 Å². The molecular weight excluding hydrogens is 311 g/mol. The Kier molecular flexibility index (Phi) is 4.70. The van der Waals surface area contributed by atoms with E-state index in [9.17, 15) is 10.1 Å². The van der Waals surface area contributed by atoms with Gasteiger partial charge in [0.25, 0.3) is 5.69 Å². The fourth-order valence-corrected chi connectivity index (χ4v) is 2.39. The highest BCUT2D eigenvalue weighted by molar-refractivity contribution is 6.35. The second-order valence-electron chi connectivity index (χ2n) is 4.81. The minimum absolute atomic E-state index is 0.113. The molecule has 0 amide bonds. The van der Waals surface area contributed by atoms with Crippen molar-refractivity contribution in [2.24, 2.45) is 0 Å². The normalized spacial score (nSPS) is 10.5. The van der Waals surface area contributed by atoms with Crippen molar-refractivity contribution < 1.29 is 4.92 Å². The summed E-state index contributed by atoms with van der Waals surface area (Å²) < 4.78 is 0. The number of anilines is 1. The number of hydrogen-bond donors (Lipinski definition) is 1. The number of nitro groups is 1. The molecule has 21 heavy (non-hydrogen) atoms. The third kappa shape index (κ3) is 3.65. The van der Waals surface area contributed by atoms with Gasteiger partial charge >= 0.3 is 0 Å². The molecule has 110 valence electrons. The summed E-state index contributed by atoms with van der Waals surface area (Å²) in [5.74, 6) is 0. The fraction of sp³-hybridized carbons (Fsp3) is 0.200. The Bertz CT molecular complexity index is 702. The maximum absolute atomic E-state index is 10.9. The van der Waals surface area contributed by atoms with Crippen LogP contribution in [-0.2, 0) is 6.54 Å². The first-order chi connectivity index (χ1) is 9.88. The number of aryl methyl sites for hydroxylation is 2. The molecule has 0 saturated carbocycles. The molecule has 0 aliphatic heterocycles. The zero-order valence-electron chi connectivity index (χ0n) is 11.6. The van der Waals surface area contributed by atoms with Crippen molar-refractivity contribution in [3.05, 3.63) is 67.2 Å². The minimum Gasteiger partial charge on any atom is -0.380 e. The summed E-state index contributed by atoms with van der Waals surface area (Å²) in [6.45, 7) is 4.02. The topological polar surface area (TPSA) is 55.2 Å². The lowest BCUT2D eigenvalue weighted by Crippen LogP contribution is -2.02. The van der Waals surface area contributed by atoms with E-state index in [0.29, 0.717) is 27.8 Å². The molecule has 0 unspecified atom stereocenters. The van der Waals surface area contributed by atoms with Crippen molar-refractivity contribution in [2.75, 3.05) is 5.32 Å². The van der Waals surface area contributed by atoms with Crippen LogP contribution < -0.4 is 5.32 Å². The van der Waals surface area contributed by atoms with Crippen LogP contribution in [-0.4, -0.2) is 4.92 Å². The molecule has 0 bridgehead atoms. The smallest absolute Gasteiger partial charge is 0.272 e. The van der Waals surface area contributed by atoms with Crippen LogP contribution in [0, 0.1) is 24.0 Å². The molecule has 0 aliphatic carbocycles. The second kappa shape index (κ2) is 6.33. The van der Waals surface area contributed by atoms with Gasteiger partial charge in [-0.15, -0.1) is 0 Å². The van der Waals surface area contributed by atoms with E-state index in [-0.39, 0.29) is 10.6 Å². The summed E-state index contributed by atoms with van der Waals surface area (Å²) in [5, 5.41) is 15.3. The predicted octanol–water partition coefficient (Wildman–Crippen LogP) is 5.13. The molecule has 0 aliphatic rings. The van der Waals surface area contributed by atoms with Gasteiger partial charge in [-0.3, -0.25) is 10.1 Å². The lowest BCUT2D eigenvalue weighted by molar-refractivity contribution is -0.385. The van der Waals surface area contributed by atoms with Crippen LogP contribution in [0.15, 0.2) is 30.3 Å². The SMILES string of the molecule is Cc1cc(Cl)c(NCc2ccc(C)c([N+](=O)[O-])c2)cc1Cl. The Labute approximate surface area is 132 Å². The molecule has 0 fully saturated rings. The summed E-state index contributed by atoms with van der Waals surface area (Å²) in [5.41, 5.74) is 3.16. The first-order valence-corrected chi connectivity index (χ1v) is 7.07. The largest absolute Gasteiger partial charge is 0.380 e. The quantitative estimate of drug-likeness (QED) is 0.626. The van der Waals surface area contributed by atoms with Gasteiger partial charge < -0.3 is 5.32 Å². The van der Waals surface area contributed by atoms with Gasteiger partial charge in [-0.05, 0) is 37.1 Å². The van der Waals surface area contributed by atoms with Crippen molar-refractivity contribution in [2.45, 2.75) is 20.4 Å². The lowest BCUT2D eigenvalue weighted by Gasteiger charge is -2.11. The van der Waals surface area contributed by atoms with Crippen molar-refractivity contribution in [1.29, 1.82) is 0 Å². The Hall–Kier alpha value is -1.78. The maximum Gasteiger partial charge on any atom is 0.272 e. The number of nitrogens with zero attached hydrogens (tertiary/aromatic N) is 1. The van der Waals surface area contributed by atoms with Gasteiger partial charge in [0, 0.05) is 23.2 Å². The number of benzene rings is 2. The molecule has 0 heterocycles. The Morgan fingerprint density at radius 2 is 1.81 bits per heavy atom. The van der Waals surface area contributed by atoms with Gasteiger partial charge in [-0.25, -0.2) is 0 Å². The van der Waals surface area contributed by atoms with Gasteiger partial charge in [-0.1, -0.05) is 35.3 Å². The summed E-state index contributed by atoms with van der Waals surface area (Å²) >= 11 is 12.2. The molecule has 4 nitrogen and oxygen atoms in total. The average Bonchev–Trinajstić information content (AvgIpc) is 2.42. The summed E-state index contributed by atoms with van der Waals surface area (Å²) in [6.07, 6.45) is 0. The first-order valence-electron chi connectivity index (χ1n) is 6.32. The zero-order chi connectivity index (χ0) is 15.6. The predicted molar refractivity (Wildman–Crippen MR) is 86.4 cm³/mol.